The largest absolute Gasteiger partial charge is 0.443 e. The van der Waals surface area contributed by atoms with E-state index in [4.69, 9.17) is 17.4 Å². The third-order valence-electron chi connectivity index (χ3n) is 5.71. The van der Waals surface area contributed by atoms with Crippen LogP contribution in [0.2, 0.25) is 0 Å². The summed E-state index contributed by atoms with van der Waals surface area (Å²) in [5.74, 6) is 0.468. The van der Waals surface area contributed by atoms with Gasteiger partial charge in [0.1, 0.15) is 12.4 Å². The van der Waals surface area contributed by atoms with Crippen LogP contribution < -0.4 is 5.32 Å². The van der Waals surface area contributed by atoms with E-state index < -0.39 is 15.9 Å². The highest BCUT2D eigenvalue weighted by Gasteiger charge is 2.44. The maximum absolute atomic E-state index is 12.9. The van der Waals surface area contributed by atoms with Gasteiger partial charge in [0.05, 0.1) is 15.8 Å². The summed E-state index contributed by atoms with van der Waals surface area (Å²) in [6.07, 6.45) is 2.96. The summed E-state index contributed by atoms with van der Waals surface area (Å²) in [5.41, 5.74) is 0.586. The van der Waals surface area contributed by atoms with Gasteiger partial charge >= 0.3 is 6.09 Å². The minimum absolute atomic E-state index is 0.0316. The van der Waals surface area contributed by atoms with Gasteiger partial charge < -0.3 is 15.0 Å². The Labute approximate surface area is 192 Å². The van der Waals surface area contributed by atoms with Crippen LogP contribution >= 0.6 is 12.6 Å². The quantitative estimate of drug-likeness (QED) is 0.172. The van der Waals surface area contributed by atoms with Crippen LogP contribution in [0, 0.1) is 10.1 Å². The molecule has 2 amide bonds. The van der Waals surface area contributed by atoms with Crippen LogP contribution in [0.3, 0.4) is 0 Å². The molecule has 0 bridgehead atoms. The van der Waals surface area contributed by atoms with Crippen molar-refractivity contribution in [2.45, 2.75) is 50.1 Å². The fraction of sp³-hybridized carbons (Fsp3) is 0.571. The first kappa shape index (κ1) is 24.0. The Morgan fingerprint density at radius 1 is 1.28 bits per heavy atom. The molecular weight excluding hydrogens is 434 g/mol. The first-order chi connectivity index (χ1) is 15.2. The van der Waals surface area contributed by atoms with Crippen molar-refractivity contribution in [3.63, 3.8) is 0 Å². The van der Waals surface area contributed by atoms with Gasteiger partial charge in [0.15, 0.2) is 0 Å². The molecule has 174 valence electrons. The minimum Gasteiger partial charge on any atom is -0.443 e. The molecule has 2 fully saturated rings. The van der Waals surface area contributed by atoms with Gasteiger partial charge in [-0.3, -0.25) is 19.8 Å². The van der Waals surface area contributed by atoms with E-state index in [1.807, 2.05) is 16.8 Å². The number of likely N-dealkylation sites (N-methyl/N-ethyl adjacent to an activating group) is 1. The molecule has 0 unspecified atom stereocenters. The molecule has 0 radical (unpaired) electrons. The molecule has 0 spiro atoms. The number of amidine groups is 1. The number of carbonyl (C=O) groups excluding carboxylic acids is 2. The third-order valence-corrected chi connectivity index (χ3v) is 6.14. The molecule has 2 aliphatic rings. The topological polar surface area (TPSA) is 117 Å². The van der Waals surface area contributed by atoms with Crippen LogP contribution in [0.25, 0.3) is 0 Å². The van der Waals surface area contributed by atoms with Gasteiger partial charge in [0.2, 0.25) is 5.91 Å². The lowest BCUT2D eigenvalue weighted by Gasteiger charge is -2.31. The molecule has 2 heterocycles. The van der Waals surface area contributed by atoms with Crippen LogP contribution in [-0.2, 0) is 16.1 Å². The molecule has 10 nitrogen and oxygen atoms in total. The highest BCUT2D eigenvalue weighted by atomic mass is 32.1. The lowest BCUT2D eigenvalue weighted by atomic mass is 10.1. The zero-order chi connectivity index (χ0) is 23.3. The van der Waals surface area contributed by atoms with E-state index >= 15 is 0 Å². The number of non-ortho nitro benzene ring substituents is 1. The van der Waals surface area contributed by atoms with Crippen molar-refractivity contribution in [3.8, 4) is 0 Å². The average molecular weight is 464 g/mol. The monoisotopic (exact) mass is 463 g/mol. The number of nitrogens with one attached hydrogen (secondary N) is 1. The van der Waals surface area contributed by atoms with Crippen LogP contribution in [0.4, 0.5) is 10.5 Å². The Morgan fingerprint density at radius 2 is 1.94 bits per heavy atom. The summed E-state index contributed by atoms with van der Waals surface area (Å²) < 4.78 is 5.12. The van der Waals surface area contributed by atoms with Crippen molar-refractivity contribution in [3.05, 3.63) is 39.9 Å². The van der Waals surface area contributed by atoms with Gasteiger partial charge in [-0.2, -0.15) is 17.6 Å². The molecule has 32 heavy (non-hydrogen) atoms. The van der Waals surface area contributed by atoms with Crippen LogP contribution in [0.15, 0.2) is 29.3 Å². The summed E-state index contributed by atoms with van der Waals surface area (Å²) in [6, 6.07) is 5.48. The van der Waals surface area contributed by atoms with Gasteiger partial charge in [-0.25, -0.2) is 4.79 Å². The van der Waals surface area contributed by atoms with Gasteiger partial charge in [-0.1, -0.05) is 0 Å². The lowest BCUT2D eigenvalue weighted by molar-refractivity contribution is -0.384. The molecule has 2 saturated heterocycles. The van der Waals surface area contributed by atoms with Gasteiger partial charge in [-0.05, 0) is 50.9 Å². The summed E-state index contributed by atoms with van der Waals surface area (Å²) in [4.78, 5) is 42.3. The number of carbonyl (C=O) groups is 2. The second-order valence-electron chi connectivity index (χ2n) is 8.35. The molecule has 0 aliphatic carbocycles. The smallest absolute Gasteiger partial charge is 0.435 e. The van der Waals surface area contributed by atoms with E-state index in [0.717, 1.165) is 32.4 Å². The summed E-state index contributed by atoms with van der Waals surface area (Å²) in [7, 11) is 1.90. The first-order valence-corrected chi connectivity index (χ1v) is 11.1. The number of rotatable bonds is 5. The van der Waals surface area contributed by atoms with Crippen LogP contribution in [-0.4, -0.2) is 70.2 Å². The van der Waals surface area contributed by atoms with E-state index in [0.29, 0.717) is 24.4 Å². The van der Waals surface area contributed by atoms with Crippen molar-refractivity contribution in [2.24, 2.45) is 4.99 Å². The Morgan fingerprint density at radius 3 is 2.56 bits per heavy atom. The molecule has 1 aromatic carbocycles. The predicted molar refractivity (Wildman–Crippen MR) is 123 cm³/mol. The van der Waals surface area contributed by atoms with Crippen molar-refractivity contribution < 1.29 is 19.2 Å². The Hall–Kier alpha value is -2.66. The molecule has 1 aromatic rings. The Balaban J connectivity index is 1.52. The Kier molecular flexibility index (Phi) is 7.73. The Bertz CT molecular complexity index is 887. The highest BCUT2D eigenvalue weighted by molar-refractivity contribution is 7.81. The van der Waals surface area contributed by atoms with Gasteiger partial charge in [0, 0.05) is 38.2 Å². The van der Waals surface area contributed by atoms with E-state index in [9.17, 15) is 19.7 Å². The van der Waals surface area contributed by atoms with Crippen LogP contribution in [0.5, 0.6) is 0 Å². The number of nitrogens with zero attached hydrogens (tertiary/aromatic N) is 4. The lowest BCUT2D eigenvalue weighted by Crippen LogP contribution is -2.46. The molecule has 11 heteroatoms. The van der Waals surface area contributed by atoms with Crippen molar-refractivity contribution >= 4 is 36.2 Å². The van der Waals surface area contributed by atoms with Gasteiger partial charge in [-0.15, -0.1) is 0 Å². The number of ether oxygens (including phenoxy) is 1. The highest BCUT2D eigenvalue weighted by Crippen LogP contribution is 2.31. The number of hydrogen-bond donors (Lipinski definition) is 2. The molecular formula is C21H29N5O5S. The first-order valence-electron chi connectivity index (χ1n) is 10.6. The number of nitro benzene ring substituents is 1. The van der Waals surface area contributed by atoms with Crippen LogP contribution in [0.1, 0.15) is 38.2 Å². The second-order valence-corrected chi connectivity index (χ2v) is 9.21. The van der Waals surface area contributed by atoms with E-state index in [1.165, 1.54) is 24.3 Å². The zero-order valence-corrected chi connectivity index (χ0v) is 19.2. The number of amides is 2. The summed E-state index contributed by atoms with van der Waals surface area (Å²) >= 11 is 4.74. The number of aliphatic imine (C=N–C) groups is 1. The summed E-state index contributed by atoms with van der Waals surface area (Å²) in [6.45, 7) is 3.72. The van der Waals surface area contributed by atoms with E-state index in [2.05, 4.69) is 10.3 Å². The fourth-order valence-corrected chi connectivity index (χ4v) is 4.71. The third kappa shape index (κ3) is 6.19. The molecule has 2 atom stereocenters. The maximum Gasteiger partial charge on any atom is 0.435 e. The normalized spacial score (nSPS) is 24.3. The van der Waals surface area contributed by atoms with Gasteiger partial charge in [0.25, 0.3) is 5.69 Å². The number of thiol groups is 1. The number of benzene rings is 1. The minimum atomic E-state index is -0.780. The zero-order valence-electron chi connectivity index (χ0n) is 18.3. The van der Waals surface area contributed by atoms with Crippen molar-refractivity contribution in [2.75, 3.05) is 26.7 Å². The number of nitro groups is 1. The van der Waals surface area contributed by atoms with E-state index in [-0.39, 0.29) is 24.2 Å². The molecule has 2 aliphatic heterocycles. The maximum atomic E-state index is 12.9. The molecule has 0 aromatic heterocycles. The average Bonchev–Trinajstić information content (AvgIpc) is 3.06. The molecule has 3 rings (SSSR count). The molecule has 1 N–H and O–H groups in total. The molecule has 0 saturated carbocycles. The number of hydrogen-bond acceptors (Lipinski definition) is 7. The number of piperidine rings is 1. The number of likely N-dealkylation sites (tertiary alicyclic amines) is 2. The second kappa shape index (κ2) is 10.3. The fourth-order valence-electron chi connectivity index (χ4n) is 4.15. The SMILES string of the molecule is CC(=NC(=O)OCc1ccc([N+](=O)[O-])cc1)N[C@]1(S)C[C@@H](C(=O)N2CCCCC2)N(C)C1. The van der Waals surface area contributed by atoms with Crippen molar-refractivity contribution in [1.29, 1.82) is 0 Å². The summed E-state index contributed by atoms with van der Waals surface area (Å²) in [5, 5.41) is 13.8. The van der Waals surface area contributed by atoms with E-state index in [1.54, 1.807) is 6.92 Å². The van der Waals surface area contributed by atoms with Crippen molar-refractivity contribution in [1.82, 2.24) is 15.1 Å². The predicted octanol–water partition coefficient (Wildman–Crippen LogP) is 2.58. The standard InChI is InChI=1S/C21H29N5O5S/c1-15(22-20(28)31-13-16-6-8-17(9-7-16)26(29)30)23-21(32)12-18(24(2)14-21)19(27)25-10-4-3-5-11-25/h6-9,18,32H,3-5,10-14H2,1-2H3,(H,22,23,28)/t18-,21-/m0/s1.